The van der Waals surface area contributed by atoms with Crippen LogP contribution in [0.1, 0.15) is 72.6 Å². The zero-order valence-electron chi connectivity index (χ0n) is 13.6. The smallest absolute Gasteiger partial charge is 0.0642 e. The molecule has 2 unspecified atom stereocenters. The van der Waals surface area contributed by atoms with E-state index in [4.69, 9.17) is 5.11 Å². The van der Waals surface area contributed by atoms with Crippen molar-refractivity contribution in [2.45, 2.75) is 90.4 Å². The van der Waals surface area contributed by atoms with E-state index >= 15 is 0 Å². The molecule has 0 aromatic carbocycles. The quantitative estimate of drug-likeness (QED) is 0.440. The molecule has 0 amide bonds. The van der Waals surface area contributed by atoms with Crippen molar-refractivity contribution in [1.29, 1.82) is 0 Å². The molecule has 0 aliphatic rings. The van der Waals surface area contributed by atoms with Gasteiger partial charge in [-0.1, -0.05) is 13.8 Å². The van der Waals surface area contributed by atoms with Crippen LogP contribution in [-0.4, -0.2) is 44.8 Å². The van der Waals surface area contributed by atoms with Crippen LogP contribution < -0.4 is 0 Å². The summed E-state index contributed by atoms with van der Waals surface area (Å²) in [6.45, 7) is 7.77. The van der Waals surface area contributed by atoms with Crippen LogP contribution in [0, 0.1) is 5.41 Å². The van der Waals surface area contributed by atoms with Crippen molar-refractivity contribution >= 4 is 0 Å². The van der Waals surface area contributed by atoms with Gasteiger partial charge < -0.3 is 20.4 Å². The average molecular weight is 290 g/mol. The molecule has 20 heavy (non-hydrogen) atoms. The first kappa shape index (κ1) is 19.8. The van der Waals surface area contributed by atoms with Crippen LogP contribution in [-0.2, 0) is 0 Å². The largest absolute Gasteiger partial charge is 0.396 e. The van der Waals surface area contributed by atoms with E-state index in [0.717, 1.165) is 19.3 Å². The molecule has 4 heteroatoms. The van der Waals surface area contributed by atoms with E-state index in [9.17, 15) is 15.3 Å². The van der Waals surface area contributed by atoms with Gasteiger partial charge in [-0.15, -0.1) is 0 Å². The van der Waals surface area contributed by atoms with Crippen LogP contribution in [0.5, 0.6) is 0 Å². The topological polar surface area (TPSA) is 80.9 Å². The summed E-state index contributed by atoms with van der Waals surface area (Å²) in [4.78, 5) is 0. The molecular weight excluding hydrogens is 256 g/mol. The van der Waals surface area contributed by atoms with E-state index in [-0.39, 0.29) is 12.0 Å². The third-order valence-electron chi connectivity index (χ3n) is 4.54. The first-order valence-electron chi connectivity index (χ1n) is 7.79. The lowest BCUT2D eigenvalue weighted by Gasteiger charge is -2.38. The van der Waals surface area contributed by atoms with Crippen LogP contribution >= 0.6 is 0 Å². The van der Waals surface area contributed by atoms with E-state index in [1.807, 2.05) is 13.8 Å². The van der Waals surface area contributed by atoms with Gasteiger partial charge in [0.05, 0.1) is 17.8 Å². The predicted molar refractivity (Wildman–Crippen MR) is 81.5 cm³/mol. The third-order valence-corrected chi connectivity index (χ3v) is 4.54. The second-order valence-electron chi connectivity index (χ2n) is 7.09. The van der Waals surface area contributed by atoms with Gasteiger partial charge in [0.1, 0.15) is 0 Å². The Morgan fingerprint density at radius 3 is 1.75 bits per heavy atom. The molecular formula is C16H34O4. The van der Waals surface area contributed by atoms with Crippen molar-refractivity contribution in [3.8, 4) is 0 Å². The van der Waals surface area contributed by atoms with Crippen LogP contribution in [0.2, 0.25) is 0 Å². The van der Waals surface area contributed by atoms with Gasteiger partial charge in [0.15, 0.2) is 0 Å². The van der Waals surface area contributed by atoms with E-state index in [2.05, 4.69) is 0 Å². The lowest BCUT2D eigenvalue weighted by molar-refractivity contribution is -0.0460. The van der Waals surface area contributed by atoms with Gasteiger partial charge in [-0.2, -0.15) is 0 Å². The molecule has 0 heterocycles. The first-order chi connectivity index (χ1) is 9.10. The van der Waals surface area contributed by atoms with E-state index < -0.39 is 17.8 Å². The summed E-state index contributed by atoms with van der Waals surface area (Å²) in [6.07, 6.45) is 3.97. The lowest BCUT2D eigenvalue weighted by atomic mass is 9.73. The maximum absolute atomic E-state index is 10.1. The molecule has 0 fully saturated rings. The summed E-state index contributed by atoms with van der Waals surface area (Å²) >= 11 is 0. The van der Waals surface area contributed by atoms with Crippen molar-refractivity contribution in [1.82, 2.24) is 0 Å². The highest BCUT2D eigenvalue weighted by Crippen LogP contribution is 2.35. The van der Waals surface area contributed by atoms with Gasteiger partial charge in [-0.05, 0) is 64.2 Å². The molecule has 4 nitrogen and oxygen atoms in total. The molecule has 0 radical (unpaired) electrons. The molecule has 0 aromatic rings. The maximum atomic E-state index is 10.1. The molecule has 2 atom stereocenters. The summed E-state index contributed by atoms with van der Waals surface area (Å²) in [5.41, 5.74) is -1.01. The highest BCUT2D eigenvalue weighted by Gasteiger charge is 2.34. The standard InChI is InChI=1S/C16H34O4/c1-15(2,16(3,4)20)11-10-14(19)9-8-13(18)7-5-6-12-17/h13-14,17-20H,5-12H2,1-4H3. The van der Waals surface area contributed by atoms with Gasteiger partial charge in [0.2, 0.25) is 0 Å². The van der Waals surface area contributed by atoms with Crippen molar-refractivity contribution in [2.24, 2.45) is 5.41 Å². The van der Waals surface area contributed by atoms with Crippen molar-refractivity contribution < 1.29 is 20.4 Å². The van der Waals surface area contributed by atoms with Crippen LogP contribution in [0.25, 0.3) is 0 Å². The van der Waals surface area contributed by atoms with Gasteiger partial charge >= 0.3 is 0 Å². The normalized spacial score (nSPS) is 16.2. The van der Waals surface area contributed by atoms with Crippen LogP contribution in [0.15, 0.2) is 0 Å². The summed E-state index contributed by atoms with van der Waals surface area (Å²) in [5.74, 6) is 0. The zero-order valence-corrected chi connectivity index (χ0v) is 13.6. The summed E-state index contributed by atoms with van der Waals surface area (Å²) in [6, 6.07) is 0. The molecule has 0 aliphatic carbocycles. The number of hydrogen-bond acceptors (Lipinski definition) is 4. The fourth-order valence-corrected chi connectivity index (χ4v) is 2.00. The summed E-state index contributed by atoms with van der Waals surface area (Å²) < 4.78 is 0. The van der Waals surface area contributed by atoms with Gasteiger partial charge in [0, 0.05) is 6.61 Å². The van der Waals surface area contributed by atoms with Crippen LogP contribution in [0.3, 0.4) is 0 Å². The maximum Gasteiger partial charge on any atom is 0.0642 e. The highest BCUT2D eigenvalue weighted by atomic mass is 16.3. The van der Waals surface area contributed by atoms with Crippen molar-refractivity contribution in [3.05, 3.63) is 0 Å². The third kappa shape index (κ3) is 8.20. The SMILES string of the molecule is CC(C)(O)C(C)(C)CCC(O)CCC(O)CCCCO. The Hall–Kier alpha value is -0.160. The summed E-state index contributed by atoms with van der Waals surface area (Å²) in [5, 5.41) is 38.4. The minimum absolute atomic E-state index is 0.168. The first-order valence-corrected chi connectivity index (χ1v) is 7.79. The molecule has 0 rings (SSSR count). The van der Waals surface area contributed by atoms with Gasteiger partial charge in [0.25, 0.3) is 0 Å². The Bertz CT molecular complexity index is 245. The molecule has 0 saturated heterocycles. The lowest BCUT2D eigenvalue weighted by Crippen LogP contribution is -2.39. The predicted octanol–water partition coefficient (Wildman–Crippen LogP) is 2.23. The highest BCUT2D eigenvalue weighted by molar-refractivity contribution is 4.86. The molecule has 0 aromatic heterocycles. The zero-order chi connectivity index (χ0) is 15.8. The molecule has 0 aliphatic heterocycles. The molecule has 122 valence electrons. The number of aliphatic hydroxyl groups excluding tert-OH is 3. The summed E-state index contributed by atoms with van der Waals surface area (Å²) in [7, 11) is 0. The Morgan fingerprint density at radius 2 is 1.30 bits per heavy atom. The van der Waals surface area contributed by atoms with Gasteiger partial charge in [-0.3, -0.25) is 0 Å². The van der Waals surface area contributed by atoms with E-state index in [1.54, 1.807) is 13.8 Å². The fourth-order valence-electron chi connectivity index (χ4n) is 2.00. The van der Waals surface area contributed by atoms with Crippen molar-refractivity contribution in [3.63, 3.8) is 0 Å². The minimum atomic E-state index is -0.767. The molecule has 0 saturated carbocycles. The number of rotatable bonds is 11. The molecule has 0 bridgehead atoms. The van der Waals surface area contributed by atoms with E-state index in [0.29, 0.717) is 25.7 Å². The Kier molecular flexibility index (Phi) is 8.91. The van der Waals surface area contributed by atoms with Crippen LogP contribution in [0.4, 0.5) is 0 Å². The minimum Gasteiger partial charge on any atom is -0.396 e. The van der Waals surface area contributed by atoms with Crippen molar-refractivity contribution in [2.75, 3.05) is 6.61 Å². The van der Waals surface area contributed by atoms with Gasteiger partial charge in [-0.25, -0.2) is 0 Å². The number of unbranched alkanes of at least 4 members (excludes halogenated alkanes) is 1. The number of hydrogen-bond donors (Lipinski definition) is 4. The number of aliphatic hydroxyl groups is 4. The van der Waals surface area contributed by atoms with E-state index in [1.165, 1.54) is 0 Å². The second-order valence-corrected chi connectivity index (χ2v) is 7.09. The Morgan fingerprint density at radius 1 is 0.800 bits per heavy atom. The second kappa shape index (κ2) is 8.98. The Labute approximate surface area is 123 Å². The molecule has 4 N–H and O–H groups in total. The monoisotopic (exact) mass is 290 g/mol. The fraction of sp³-hybridized carbons (Fsp3) is 1.00. The Balaban J connectivity index is 3.86. The molecule has 0 spiro atoms. The average Bonchev–Trinajstić information content (AvgIpc) is 2.33.